The van der Waals surface area contributed by atoms with Gasteiger partial charge in [0.2, 0.25) is 0 Å². The van der Waals surface area contributed by atoms with Crippen molar-refractivity contribution in [2.45, 2.75) is 143 Å². The maximum atomic E-state index is 13.9. The van der Waals surface area contributed by atoms with Crippen LogP contribution in [0.3, 0.4) is 0 Å². The lowest BCUT2D eigenvalue weighted by Crippen LogP contribution is -2.46. The number of unbranched alkanes of at least 4 members (excludes halogenated alkanes) is 2. The number of aliphatic hydroxyl groups excluding tert-OH is 1. The fourth-order valence-corrected chi connectivity index (χ4v) is 7.23. The van der Waals surface area contributed by atoms with E-state index in [0.29, 0.717) is 25.3 Å². The second kappa shape index (κ2) is 15.4. The predicted octanol–water partition coefficient (Wildman–Crippen LogP) is 7.03. The number of carbonyl (C=O) groups excluding carboxylic acids is 2. The van der Waals surface area contributed by atoms with Gasteiger partial charge < -0.3 is 20.3 Å². The molecule has 1 aromatic heterocycles. The number of epoxide rings is 1. The lowest BCUT2D eigenvalue weighted by molar-refractivity contribution is -0.161. The van der Waals surface area contributed by atoms with Crippen molar-refractivity contribution < 1.29 is 24.2 Å². The Hall–Kier alpha value is -1.61. The molecule has 0 spiro atoms. The zero-order valence-electron chi connectivity index (χ0n) is 27.1. The third-order valence-corrected chi connectivity index (χ3v) is 10.6. The number of aryl methyl sites for hydroxylation is 1. The van der Waals surface area contributed by atoms with Gasteiger partial charge in [-0.15, -0.1) is 11.3 Å². The number of ether oxygens (including phenoxy) is 2. The van der Waals surface area contributed by atoms with E-state index in [2.05, 4.69) is 30.3 Å². The zero-order chi connectivity index (χ0) is 31.1. The topological polar surface area (TPSA) is 115 Å². The highest BCUT2D eigenvalue weighted by molar-refractivity contribution is 7.09. The van der Waals surface area contributed by atoms with Crippen LogP contribution >= 0.6 is 11.3 Å². The molecule has 3 rings (SSSR count). The third kappa shape index (κ3) is 9.44. The zero-order valence-corrected chi connectivity index (χ0v) is 27.9. The molecule has 0 amide bonds. The van der Waals surface area contributed by atoms with Gasteiger partial charge in [-0.2, -0.15) is 0 Å². The molecule has 2 aliphatic rings. The molecule has 7 atom stereocenters. The van der Waals surface area contributed by atoms with Gasteiger partial charge in [-0.3, -0.25) is 9.59 Å². The number of hydrogen-bond donors (Lipinski definition) is 2. The van der Waals surface area contributed by atoms with E-state index in [9.17, 15) is 14.7 Å². The summed E-state index contributed by atoms with van der Waals surface area (Å²) >= 11 is 1.66. The molecular weight excluding hydrogens is 548 g/mol. The van der Waals surface area contributed by atoms with E-state index in [1.165, 1.54) is 5.57 Å². The Morgan fingerprint density at radius 2 is 1.93 bits per heavy atom. The Bertz CT molecular complexity index is 1070. The third-order valence-electron chi connectivity index (χ3n) is 9.85. The van der Waals surface area contributed by atoms with Gasteiger partial charge >= 0.3 is 5.97 Å². The Morgan fingerprint density at radius 3 is 2.60 bits per heavy atom. The molecule has 0 radical (unpaired) electrons. The number of allylic oxidation sites excluding steroid dienone is 1. The highest BCUT2D eigenvalue weighted by atomic mass is 32.1. The smallest absolute Gasteiger partial charge is 0.306 e. The largest absolute Gasteiger partial charge is 0.461 e. The first-order valence-corrected chi connectivity index (χ1v) is 17.1. The van der Waals surface area contributed by atoms with Crippen molar-refractivity contribution in [3.05, 3.63) is 21.7 Å². The number of rotatable bonds is 8. The SMILES string of the molecule is C/C(=C\c1csc(C)n1)[C@H]1CCC[C@H](OC(=O)CCCCCN)C(C)(C)C(=O)[C@H](C)[C@@H](O)[C@@H](C)CCC[C@@]2(C)O[C@H]2C1. The first-order chi connectivity index (χ1) is 19.8. The maximum Gasteiger partial charge on any atom is 0.306 e. The number of aromatic nitrogens is 1. The van der Waals surface area contributed by atoms with Crippen LogP contribution in [0.25, 0.3) is 6.08 Å². The molecule has 1 saturated heterocycles. The quantitative estimate of drug-likeness (QED) is 0.186. The predicted molar refractivity (Wildman–Crippen MR) is 170 cm³/mol. The first kappa shape index (κ1) is 34.9. The average Bonchev–Trinajstić information content (AvgIpc) is 3.39. The molecule has 2 fully saturated rings. The fourth-order valence-electron chi connectivity index (χ4n) is 6.66. The van der Waals surface area contributed by atoms with Crippen LogP contribution in [0.5, 0.6) is 0 Å². The molecule has 1 aromatic rings. The molecule has 2 heterocycles. The summed E-state index contributed by atoms with van der Waals surface area (Å²) in [5.74, 6) is -0.565. The number of thiazole rings is 1. The normalized spacial score (nSPS) is 33.2. The average molecular weight is 605 g/mol. The van der Waals surface area contributed by atoms with E-state index in [4.69, 9.17) is 15.2 Å². The number of carbonyl (C=O) groups is 2. The van der Waals surface area contributed by atoms with Crippen LogP contribution in [0.15, 0.2) is 11.0 Å². The summed E-state index contributed by atoms with van der Waals surface area (Å²) in [6, 6.07) is 0. The first-order valence-electron chi connectivity index (χ1n) is 16.2. The number of fused-ring (bicyclic) bond motifs is 1. The molecule has 1 aliphatic heterocycles. The minimum absolute atomic E-state index is 0.0171. The summed E-state index contributed by atoms with van der Waals surface area (Å²) < 4.78 is 12.4. The summed E-state index contributed by atoms with van der Waals surface area (Å²) in [5, 5.41) is 14.3. The van der Waals surface area contributed by atoms with Crippen LogP contribution in [0.4, 0.5) is 0 Å². The maximum absolute atomic E-state index is 13.9. The van der Waals surface area contributed by atoms with Crippen molar-refractivity contribution in [2.24, 2.45) is 28.9 Å². The van der Waals surface area contributed by atoms with Crippen molar-refractivity contribution in [1.29, 1.82) is 0 Å². The van der Waals surface area contributed by atoms with Crippen LogP contribution in [-0.4, -0.2) is 52.3 Å². The lowest BCUT2D eigenvalue weighted by Gasteiger charge is -2.37. The molecular formula is C34H56N2O5S. The second-order valence-electron chi connectivity index (χ2n) is 13.8. The number of Topliss-reactive ketones (excluding diaryl/α,β-unsaturated/α-hetero) is 1. The van der Waals surface area contributed by atoms with Gasteiger partial charge in [-0.25, -0.2) is 4.98 Å². The molecule has 8 heteroatoms. The van der Waals surface area contributed by atoms with Gasteiger partial charge in [0.05, 0.1) is 33.9 Å². The minimum atomic E-state index is -0.916. The Labute approximate surface area is 258 Å². The van der Waals surface area contributed by atoms with Gasteiger partial charge in [-0.05, 0) is 110 Å². The Balaban J connectivity index is 1.85. The Morgan fingerprint density at radius 1 is 1.19 bits per heavy atom. The number of nitrogens with zero attached hydrogens (tertiary/aromatic N) is 1. The van der Waals surface area contributed by atoms with Gasteiger partial charge in [-0.1, -0.05) is 32.3 Å². The van der Waals surface area contributed by atoms with Crippen LogP contribution in [0, 0.1) is 30.1 Å². The summed E-state index contributed by atoms with van der Waals surface area (Å²) in [7, 11) is 0. The molecule has 1 saturated carbocycles. The number of nitrogens with two attached hydrogens (primary N) is 1. The number of aliphatic hydroxyl groups is 1. The lowest BCUT2D eigenvalue weighted by atomic mass is 9.72. The molecule has 7 nitrogen and oxygen atoms in total. The van der Waals surface area contributed by atoms with E-state index in [1.807, 2.05) is 34.6 Å². The second-order valence-corrected chi connectivity index (χ2v) is 14.8. The fraction of sp³-hybridized carbons (Fsp3) is 0.794. The Kier molecular flexibility index (Phi) is 12.8. The number of ketones is 1. The highest BCUT2D eigenvalue weighted by Crippen LogP contribution is 2.46. The summed E-state index contributed by atoms with van der Waals surface area (Å²) in [5.41, 5.74) is 6.84. The van der Waals surface area contributed by atoms with Crippen LogP contribution in [-0.2, 0) is 19.1 Å². The molecule has 0 aromatic carbocycles. The van der Waals surface area contributed by atoms with E-state index in [-0.39, 0.29) is 29.4 Å². The standard InChI is InChI=1S/C34H56N2O5S/c1-22-13-12-17-34(7)29(41-34)20-26(23(2)19-27-21-42-25(4)36-27)14-11-15-28(40-30(37)16-9-8-10-18-35)33(5,6)32(39)24(3)31(22)38/h19,21-22,24,26,28-29,31,38H,8-18,20,35H2,1-7H3/b23-19+/t22-,24+,26-,28-,29-,31-,34+/m0/s1. The van der Waals surface area contributed by atoms with Crippen molar-refractivity contribution >= 4 is 29.2 Å². The van der Waals surface area contributed by atoms with E-state index >= 15 is 0 Å². The van der Waals surface area contributed by atoms with Crippen LogP contribution < -0.4 is 5.73 Å². The molecule has 0 bridgehead atoms. The number of hydrogen-bond acceptors (Lipinski definition) is 8. The summed E-state index contributed by atoms with van der Waals surface area (Å²) in [6.07, 6.45) is 9.89. The van der Waals surface area contributed by atoms with E-state index < -0.39 is 23.5 Å². The monoisotopic (exact) mass is 604 g/mol. The van der Waals surface area contributed by atoms with Gasteiger partial charge in [0.1, 0.15) is 11.9 Å². The van der Waals surface area contributed by atoms with Crippen molar-refractivity contribution in [2.75, 3.05) is 6.54 Å². The van der Waals surface area contributed by atoms with Gasteiger partial charge in [0.25, 0.3) is 0 Å². The summed E-state index contributed by atoms with van der Waals surface area (Å²) in [6.45, 7) is 14.7. The summed E-state index contributed by atoms with van der Waals surface area (Å²) in [4.78, 5) is 31.5. The minimum Gasteiger partial charge on any atom is -0.461 e. The van der Waals surface area contributed by atoms with Gasteiger partial charge in [0, 0.05) is 17.7 Å². The molecule has 1 aliphatic carbocycles. The van der Waals surface area contributed by atoms with Crippen molar-refractivity contribution in [3.63, 3.8) is 0 Å². The van der Waals surface area contributed by atoms with Crippen LogP contribution in [0.1, 0.15) is 123 Å². The van der Waals surface area contributed by atoms with E-state index in [0.717, 1.165) is 68.5 Å². The molecule has 0 unspecified atom stereocenters. The van der Waals surface area contributed by atoms with Crippen molar-refractivity contribution in [1.82, 2.24) is 4.98 Å². The highest BCUT2D eigenvalue weighted by Gasteiger charge is 2.52. The van der Waals surface area contributed by atoms with Crippen molar-refractivity contribution in [3.8, 4) is 0 Å². The van der Waals surface area contributed by atoms with Gasteiger partial charge in [0.15, 0.2) is 0 Å². The molecule has 238 valence electrons. The van der Waals surface area contributed by atoms with Crippen LogP contribution in [0.2, 0.25) is 0 Å². The number of esters is 1. The molecule has 42 heavy (non-hydrogen) atoms. The van der Waals surface area contributed by atoms with E-state index in [1.54, 1.807) is 11.3 Å². The molecule has 3 N–H and O–H groups in total.